The molecule has 6 aromatic rings. The highest BCUT2D eigenvalue weighted by atomic mass is 32.2. The molecule has 12 fully saturated rings. The number of hydroxylamine groups is 6. The van der Waals surface area contributed by atoms with E-state index in [0.29, 0.717) is 128 Å². The maximum Gasteiger partial charge on any atom is 0.270 e. The lowest BCUT2D eigenvalue weighted by Crippen LogP contribution is -2.62. The highest BCUT2D eigenvalue weighted by Gasteiger charge is 2.62. The first-order valence-electron chi connectivity index (χ1n) is 48.3. The third kappa shape index (κ3) is 22.5. The third-order valence-corrected chi connectivity index (χ3v) is 35.1. The number of nitro groups is 1. The normalized spacial score (nSPS) is 29.9. The van der Waals surface area contributed by atoms with Crippen LogP contribution in [0, 0.1) is 110 Å². The lowest BCUT2D eigenvalue weighted by atomic mass is 9.45. The van der Waals surface area contributed by atoms with Crippen molar-refractivity contribution < 1.29 is 95.5 Å². The molecule has 30 nitrogen and oxygen atoms in total. The van der Waals surface area contributed by atoms with Gasteiger partial charge in [0, 0.05) is 100 Å². The summed E-state index contributed by atoms with van der Waals surface area (Å²) in [5, 5.41) is 89.1. The van der Waals surface area contributed by atoms with Gasteiger partial charge >= 0.3 is 0 Å². The fourth-order valence-corrected chi connectivity index (χ4v) is 26.8. The highest BCUT2D eigenvalue weighted by Crippen LogP contribution is 2.64. The number of aryl methyl sites for hydroxylation is 1. The van der Waals surface area contributed by atoms with Crippen LogP contribution in [-0.4, -0.2) is 237 Å². The number of nitrogens with zero attached hydrogens (tertiary/aromatic N) is 5. The number of nitrogens with one attached hydrogen (secondary N) is 4. The second kappa shape index (κ2) is 43.0. The van der Waals surface area contributed by atoms with Gasteiger partial charge in [-0.3, -0.25) is 39.0 Å². The van der Waals surface area contributed by atoms with Crippen molar-refractivity contribution in [1.82, 2.24) is 40.8 Å². The molecule has 6 bridgehead atoms. The zero-order valence-corrected chi connectivity index (χ0v) is 84.9. The number of para-hydroxylation sites is 3. The number of likely N-dealkylation sites (N-methyl/N-ethyl adjacent to an activating group) is 1. The molecule has 6 aromatic carbocycles. The van der Waals surface area contributed by atoms with Crippen molar-refractivity contribution in [2.24, 2.45) is 92.7 Å². The number of amides is 3. The molecule has 3 aliphatic heterocycles. The van der Waals surface area contributed by atoms with Crippen LogP contribution in [0.1, 0.15) is 178 Å². The first-order chi connectivity index (χ1) is 63.9. The summed E-state index contributed by atoms with van der Waals surface area (Å²) in [6.45, 7) is 33.5. The van der Waals surface area contributed by atoms with Gasteiger partial charge in [0.1, 0.15) is 53.7 Å². The number of aliphatic hydroxyl groups is 6. The molecule has 137 heavy (non-hydrogen) atoms. The van der Waals surface area contributed by atoms with Gasteiger partial charge in [-0.25, -0.2) is 21.6 Å². The molecular weight excluding hydrogens is 1790 g/mol. The van der Waals surface area contributed by atoms with Crippen LogP contribution < -0.4 is 34.9 Å². The van der Waals surface area contributed by atoms with Crippen LogP contribution in [0.2, 0.25) is 0 Å². The molecule has 25 atom stereocenters. The summed E-state index contributed by atoms with van der Waals surface area (Å²) in [7, 11) is 1.24. The molecule has 3 saturated heterocycles. The SMILES string of the molecule is C.COc1c(CN2O[C@@H](CO)[C@@H]([C@H](C)O)[C@H]2C(=O)NC2C[C@H]3C[C@@H]([C@@H]2C)C3(C)C)cccc1-c1cccc(S(=O)(=O)N[C@H](CN(C)C)CC(C)(C)C)c1.COc1c(CN2O[C@@H](CO)[C@H]([C@H](C)O)[C@H]2C(=O)N[C@H]2C[C@H]3C[C@@H]([C@@H]2C)C3(C)C)cccc1-c1cc(C)cc([N+](=O)[O-])c1.COc1c(CN2O[C@@H](CO)[C@H]([C@H](C)O)[C@H]2C(=O)N[C@H]2C[C@H]3C[C@@H]([C@@H]2C)C3(C)C)cccc1-c1cccc(S(C)(=O)=O)c1. The Morgan fingerprint density at radius 2 is 0.847 bits per heavy atom. The maximum atomic E-state index is 14.2. The van der Waals surface area contributed by atoms with Crippen LogP contribution in [0.4, 0.5) is 5.69 Å². The van der Waals surface area contributed by atoms with Gasteiger partial charge in [-0.1, -0.05) is 175 Å². The second-order valence-electron chi connectivity index (χ2n) is 43.7. The van der Waals surface area contributed by atoms with E-state index in [2.05, 4.69) is 104 Å². The van der Waals surface area contributed by atoms with Crippen LogP contribution in [0.5, 0.6) is 17.2 Å². The number of nitro benzene ring substituents is 1. The minimum atomic E-state index is -3.86. The first kappa shape index (κ1) is 108. The Morgan fingerprint density at radius 3 is 1.14 bits per heavy atom. The summed E-state index contributed by atoms with van der Waals surface area (Å²) >= 11 is 0. The van der Waals surface area contributed by atoms with E-state index in [0.717, 1.165) is 30.4 Å². The molecule has 0 radical (unpaired) electrons. The van der Waals surface area contributed by atoms with E-state index in [4.69, 9.17) is 28.7 Å². The predicted octanol–water partition coefficient (Wildman–Crippen LogP) is 13.0. The fourth-order valence-electron chi connectivity index (χ4n) is 24.8. The number of non-ortho nitro benzene ring substituents is 1. The molecule has 0 spiro atoms. The predicted molar refractivity (Wildman–Crippen MR) is 526 cm³/mol. The number of carbonyl (C=O) groups is 3. The smallest absolute Gasteiger partial charge is 0.270 e. The number of carbonyl (C=O) groups excluding carboxylic acids is 3. The van der Waals surface area contributed by atoms with Crippen molar-refractivity contribution in [3.8, 4) is 50.6 Å². The van der Waals surface area contributed by atoms with E-state index in [1.54, 1.807) is 93.5 Å². The van der Waals surface area contributed by atoms with E-state index in [9.17, 15) is 72.0 Å². The van der Waals surface area contributed by atoms with Crippen molar-refractivity contribution in [2.75, 3.05) is 68.0 Å². The number of rotatable bonds is 32. The number of hydrogen-bond acceptors (Lipinski definition) is 25. The minimum Gasteiger partial charge on any atom is -0.496 e. The molecule has 3 amide bonds. The number of ether oxygens (including phenoxy) is 3. The van der Waals surface area contributed by atoms with Gasteiger partial charge in [0.25, 0.3) is 5.69 Å². The highest BCUT2D eigenvalue weighted by molar-refractivity contribution is 7.90. The zero-order valence-electron chi connectivity index (χ0n) is 83.2. The van der Waals surface area contributed by atoms with Crippen molar-refractivity contribution >= 4 is 43.3 Å². The largest absolute Gasteiger partial charge is 0.496 e. The molecule has 10 N–H and O–H groups in total. The van der Waals surface area contributed by atoms with Crippen molar-refractivity contribution in [3.05, 3.63) is 154 Å². The first-order valence-corrected chi connectivity index (χ1v) is 51.7. The fraction of sp³-hybridized carbons (Fsp3) is 0.629. The molecule has 9 aliphatic carbocycles. The van der Waals surface area contributed by atoms with E-state index < -0.39 is 97.3 Å². The molecule has 0 aromatic heterocycles. The van der Waals surface area contributed by atoms with E-state index >= 15 is 0 Å². The number of benzene rings is 6. The summed E-state index contributed by atoms with van der Waals surface area (Å²) in [5.74, 6) is 3.28. The van der Waals surface area contributed by atoms with E-state index in [1.165, 1.54) is 44.8 Å². The zero-order chi connectivity index (χ0) is 99.4. The summed E-state index contributed by atoms with van der Waals surface area (Å²) in [5.41, 5.74) is 7.65. The molecule has 18 rings (SSSR count). The molecule has 3 heterocycles. The third-order valence-electron chi connectivity index (χ3n) is 32.4. The van der Waals surface area contributed by atoms with Crippen molar-refractivity contribution in [2.45, 2.75) is 271 Å². The van der Waals surface area contributed by atoms with Gasteiger partial charge in [-0.15, -0.1) is 0 Å². The van der Waals surface area contributed by atoms with Gasteiger partial charge in [0.15, 0.2) is 9.84 Å². The summed E-state index contributed by atoms with van der Waals surface area (Å²) in [4.78, 5) is 74.1. The van der Waals surface area contributed by atoms with Gasteiger partial charge in [0.2, 0.25) is 27.7 Å². The Balaban J connectivity index is 0.000000185. The van der Waals surface area contributed by atoms with Gasteiger partial charge in [-0.05, 0) is 208 Å². The van der Waals surface area contributed by atoms with E-state index in [-0.39, 0.29) is 126 Å². The van der Waals surface area contributed by atoms with Gasteiger partial charge in [-0.2, -0.15) is 15.2 Å². The van der Waals surface area contributed by atoms with Crippen LogP contribution in [0.25, 0.3) is 33.4 Å². The molecule has 9 saturated carbocycles. The number of hydrogen-bond donors (Lipinski definition) is 10. The summed E-state index contributed by atoms with van der Waals surface area (Å²) in [6, 6.07) is 32.4. The Morgan fingerprint density at radius 1 is 0.518 bits per heavy atom. The number of aliphatic hydroxyl groups excluding tert-OH is 6. The second-order valence-corrected chi connectivity index (χ2v) is 47.4. The number of sulfonamides is 1. The molecule has 32 heteroatoms. The quantitative estimate of drug-likeness (QED) is 0.0138. The lowest BCUT2D eigenvalue weighted by Gasteiger charge is -2.62. The van der Waals surface area contributed by atoms with Crippen LogP contribution in [0.3, 0.4) is 0 Å². The van der Waals surface area contributed by atoms with Gasteiger partial charge in [0.05, 0.1) is 93.8 Å². The molecular formula is C105H153N9O21S2. The number of sulfone groups is 1. The van der Waals surface area contributed by atoms with Crippen LogP contribution in [0.15, 0.2) is 131 Å². The Labute approximate surface area is 811 Å². The summed E-state index contributed by atoms with van der Waals surface area (Å²) < 4.78 is 72.4. The minimum absolute atomic E-state index is 0. The Hall–Kier alpha value is -8.13. The monoisotopic (exact) mass is 1940 g/mol. The average Bonchev–Trinajstić information content (AvgIpc) is 1.67. The lowest BCUT2D eigenvalue weighted by molar-refractivity contribution is -0.384. The number of fused-ring (bicyclic) bond motifs is 6. The average molecular weight is 1940 g/mol. The standard InChI is InChI=1S/C40H62N4O7S.C32H43N3O7.C32H44N2O7S.CH4/c1-24-32-18-28(40(32,6)7)19-33(24)41-38(47)36-35(25(2)46)34(23-45)51-44(36)21-27-14-12-16-31(37(27)50-10)26-13-11-15-30(17-26)52(48,49)42-29(22-43(8)9)20-39(3,4)5;1-17-10-21(12-23(11-17)35(39)40)24-9-7-8-20(30(24)41-6)15-34-29(28(19(3)37)27(16-36)42-34)31(38)33-26-14-22-13-25(18(26)2)32(22,4)5;1-18-25-14-22(32(25,3)4)15-26(18)33-31(37)29-28(19(2)36)27(17-35)41-34(29)16-21-10-8-12-24(30(21)40-5)20-9-7-11-23(13-20)42(6,38)39;/h11-17,24-25,28-29,32-36,42,45-46H,18-23H2,1-10H3,(H,41,47);7-12,18-19,22,25-29,36-37H,13-16H2,1-6H3,(H,33,38);7-13,18-19,22,25-29,35-36H,14-17H2,1-6H3,(H,33,37);1H4/t24-,25-,28+,29-,32-,33?,34-,35+,36-;2*18-,19-,22+,25-,26-,27-,28-,29-;/m000./s1. The summed E-state index contributed by atoms with van der Waals surface area (Å²) in [6.07, 6.45) is 3.19. The maximum absolute atomic E-state index is 14.2. The van der Waals surface area contributed by atoms with Crippen molar-refractivity contribution in [3.63, 3.8) is 0 Å². The van der Waals surface area contributed by atoms with Crippen LogP contribution in [-0.2, 0) is 68.4 Å². The van der Waals surface area contributed by atoms with Crippen LogP contribution >= 0.6 is 0 Å². The molecule has 756 valence electrons. The molecule has 1 unspecified atom stereocenters. The van der Waals surface area contributed by atoms with E-state index in [1.807, 2.05) is 91.8 Å². The molecule has 12 aliphatic rings. The van der Waals surface area contributed by atoms with Crippen molar-refractivity contribution in [1.29, 1.82) is 0 Å². The topological polar surface area (TPSA) is 400 Å². The Kier molecular flexibility index (Phi) is 33.8. The Bertz CT molecular complexity index is 5490. The van der Waals surface area contributed by atoms with Gasteiger partial charge < -0.3 is 65.7 Å². The number of methoxy groups -OCH3 is 3.